The second-order valence-electron chi connectivity index (χ2n) is 4.19. The van der Waals surface area contributed by atoms with Crippen LogP contribution < -0.4 is 0 Å². The number of rotatable bonds is 3. The maximum absolute atomic E-state index is 9.63. The molecule has 0 radical (unpaired) electrons. The molecule has 16 heavy (non-hydrogen) atoms. The highest BCUT2D eigenvalue weighted by molar-refractivity contribution is 8.01. The Hall–Kier alpha value is -0.290. The SMILES string of the molecule is CC(C)(O)CSc1nc2cc(Cl)ccc2s1. The standard InChI is InChI=1S/C11H12ClNOS2/c1-11(2,14)6-15-10-13-8-5-7(12)3-4-9(8)16-10/h3-5,14H,6H2,1-2H3. The molecule has 0 saturated carbocycles. The third-order valence-corrected chi connectivity index (χ3v) is 4.74. The molecule has 1 heterocycles. The van der Waals surface area contributed by atoms with E-state index >= 15 is 0 Å². The van der Waals surface area contributed by atoms with E-state index < -0.39 is 5.60 Å². The van der Waals surface area contributed by atoms with Crippen LogP contribution in [0.25, 0.3) is 10.2 Å². The van der Waals surface area contributed by atoms with Gasteiger partial charge in [-0.3, -0.25) is 0 Å². The fourth-order valence-corrected chi connectivity index (χ4v) is 3.34. The normalized spacial score (nSPS) is 12.2. The zero-order valence-corrected chi connectivity index (χ0v) is 11.4. The molecule has 0 unspecified atom stereocenters. The van der Waals surface area contributed by atoms with E-state index in [-0.39, 0.29) is 0 Å². The molecule has 0 amide bonds. The molecular weight excluding hydrogens is 262 g/mol. The first kappa shape index (κ1) is 12.2. The first-order chi connectivity index (χ1) is 7.44. The summed E-state index contributed by atoms with van der Waals surface area (Å²) in [6.45, 7) is 3.59. The van der Waals surface area contributed by atoms with Gasteiger partial charge in [-0.15, -0.1) is 11.3 Å². The fraction of sp³-hybridized carbons (Fsp3) is 0.364. The van der Waals surface area contributed by atoms with E-state index in [4.69, 9.17) is 11.6 Å². The lowest BCUT2D eigenvalue weighted by Gasteiger charge is -2.14. The number of aromatic nitrogens is 1. The van der Waals surface area contributed by atoms with E-state index in [9.17, 15) is 5.11 Å². The monoisotopic (exact) mass is 273 g/mol. The summed E-state index contributed by atoms with van der Waals surface area (Å²) >= 11 is 9.10. The van der Waals surface area contributed by atoms with Crippen LogP contribution in [-0.2, 0) is 0 Å². The molecule has 1 aromatic carbocycles. The molecule has 5 heteroatoms. The number of halogens is 1. The summed E-state index contributed by atoms with van der Waals surface area (Å²) in [6.07, 6.45) is 0. The Bertz CT molecular complexity index is 504. The predicted octanol–water partition coefficient (Wildman–Crippen LogP) is 3.81. The van der Waals surface area contributed by atoms with Gasteiger partial charge in [0.15, 0.2) is 4.34 Å². The van der Waals surface area contributed by atoms with Gasteiger partial charge in [-0.1, -0.05) is 23.4 Å². The van der Waals surface area contributed by atoms with Crippen LogP contribution in [0, 0.1) is 0 Å². The van der Waals surface area contributed by atoms with Crippen molar-refractivity contribution in [3.63, 3.8) is 0 Å². The van der Waals surface area contributed by atoms with Gasteiger partial charge in [-0.25, -0.2) is 4.98 Å². The van der Waals surface area contributed by atoms with E-state index in [1.807, 2.05) is 18.2 Å². The van der Waals surface area contributed by atoms with E-state index in [1.54, 1.807) is 36.9 Å². The highest BCUT2D eigenvalue weighted by Crippen LogP contribution is 2.32. The van der Waals surface area contributed by atoms with Gasteiger partial charge in [-0.05, 0) is 32.0 Å². The molecule has 0 spiro atoms. The van der Waals surface area contributed by atoms with Crippen molar-refractivity contribution in [1.29, 1.82) is 0 Å². The van der Waals surface area contributed by atoms with Crippen LogP contribution in [-0.4, -0.2) is 21.4 Å². The molecule has 86 valence electrons. The smallest absolute Gasteiger partial charge is 0.151 e. The first-order valence-corrected chi connectivity index (χ1v) is 7.03. The molecular formula is C11H12ClNOS2. The zero-order valence-electron chi connectivity index (χ0n) is 9.03. The maximum Gasteiger partial charge on any atom is 0.151 e. The Balaban J connectivity index is 2.20. The molecule has 0 aliphatic rings. The van der Waals surface area contributed by atoms with Gasteiger partial charge in [0.25, 0.3) is 0 Å². The van der Waals surface area contributed by atoms with Gasteiger partial charge in [0.1, 0.15) is 0 Å². The summed E-state index contributed by atoms with van der Waals surface area (Å²) in [7, 11) is 0. The number of benzene rings is 1. The molecule has 1 N–H and O–H groups in total. The Labute approximate surface area is 108 Å². The number of thioether (sulfide) groups is 1. The minimum Gasteiger partial charge on any atom is -0.390 e. The van der Waals surface area contributed by atoms with E-state index in [0.717, 1.165) is 14.6 Å². The summed E-state index contributed by atoms with van der Waals surface area (Å²) in [5, 5.41) is 10.3. The Morgan fingerprint density at radius 2 is 2.25 bits per heavy atom. The van der Waals surface area contributed by atoms with Crippen molar-refractivity contribution in [3.8, 4) is 0 Å². The van der Waals surface area contributed by atoms with Crippen molar-refractivity contribution in [2.45, 2.75) is 23.8 Å². The number of nitrogens with zero attached hydrogens (tertiary/aromatic N) is 1. The van der Waals surface area contributed by atoms with E-state index in [1.165, 1.54) is 0 Å². The largest absolute Gasteiger partial charge is 0.390 e. The lowest BCUT2D eigenvalue weighted by molar-refractivity contribution is 0.107. The average Bonchev–Trinajstić information content (AvgIpc) is 2.55. The Morgan fingerprint density at radius 1 is 1.50 bits per heavy atom. The highest BCUT2D eigenvalue weighted by atomic mass is 35.5. The van der Waals surface area contributed by atoms with Crippen LogP contribution >= 0.6 is 34.7 Å². The zero-order chi connectivity index (χ0) is 11.8. The molecule has 0 bridgehead atoms. The van der Waals surface area contributed by atoms with E-state index in [2.05, 4.69) is 4.98 Å². The molecule has 0 atom stereocenters. The summed E-state index contributed by atoms with van der Waals surface area (Å²) in [5.41, 5.74) is 0.260. The molecule has 0 saturated heterocycles. The van der Waals surface area contributed by atoms with Gasteiger partial charge in [-0.2, -0.15) is 0 Å². The maximum atomic E-state index is 9.63. The lowest BCUT2D eigenvalue weighted by Crippen LogP contribution is -2.21. The Morgan fingerprint density at radius 3 is 2.94 bits per heavy atom. The molecule has 2 nitrogen and oxygen atoms in total. The predicted molar refractivity (Wildman–Crippen MR) is 71.7 cm³/mol. The quantitative estimate of drug-likeness (QED) is 0.863. The lowest BCUT2D eigenvalue weighted by atomic mass is 10.2. The van der Waals surface area contributed by atoms with Crippen molar-refractivity contribution < 1.29 is 5.11 Å². The van der Waals surface area contributed by atoms with Gasteiger partial charge in [0, 0.05) is 10.8 Å². The van der Waals surface area contributed by atoms with Crippen molar-refractivity contribution in [3.05, 3.63) is 23.2 Å². The number of aliphatic hydroxyl groups is 1. The first-order valence-electron chi connectivity index (χ1n) is 4.85. The van der Waals surface area contributed by atoms with Gasteiger partial charge in [0.2, 0.25) is 0 Å². The van der Waals surface area contributed by atoms with Crippen molar-refractivity contribution >= 4 is 44.9 Å². The van der Waals surface area contributed by atoms with Gasteiger partial charge < -0.3 is 5.11 Å². The van der Waals surface area contributed by atoms with Crippen LogP contribution in [0.5, 0.6) is 0 Å². The van der Waals surface area contributed by atoms with Gasteiger partial charge >= 0.3 is 0 Å². The summed E-state index contributed by atoms with van der Waals surface area (Å²) in [5.74, 6) is 0.639. The minimum atomic E-state index is -0.667. The van der Waals surface area contributed by atoms with Gasteiger partial charge in [0.05, 0.1) is 15.8 Å². The summed E-state index contributed by atoms with van der Waals surface area (Å²) < 4.78 is 2.10. The Kier molecular flexibility index (Phi) is 3.45. The number of hydrogen-bond donors (Lipinski definition) is 1. The fourth-order valence-electron chi connectivity index (χ4n) is 1.18. The molecule has 0 aliphatic heterocycles. The molecule has 0 aliphatic carbocycles. The number of fused-ring (bicyclic) bond motifs is 1. The minimum absolute atomic E-state index is 0.639. The van der Waals surface area contributed by atoms with Crippen LogP contribution in [0.2, 0.25) is 5.02 Å². The molecule has 2 aromatic rings. The van der Waals surface area contributed by atoms with Crippen LogP contribution in [0.3, 0.4) is 0 Å². The van der Waals surface area contributed by atoms with Crippen molar-refractivity contribution in [1.82, 2.24) is 4.98 Å². The van der Waals surface area contributed by atoms with Crippen molar-refractivity contribution in [2.75, 3.05) is 5.75 Å². The topological polar surface area (TPSA) is 33.1 Å². The third kappa shape index (κ3) is 3.10. The molecule has 2 rings (SSSR count). The second-order valence-corrected chi connectivity index (χ2v) is 6.88. The molecule has 0 fully saturated rings. The van der Waals surface area contributed by atoms with Crippen LogP contribution in [0.15, 0.2) is 22.5 Å². The summed E-state index contributed by atoms with van der Waals surface area (Å²) in [4.78, 5) is 4.46. The highest BCUT2D eigenvalue weighted by Gasteiger charge is 2.14. The summed E-state index contributed by atoms with van der Waals surface area (Å²) in [6, 6.07) is 5.71. The average molecular weight is 274 g/mol. The van der Waals surface area contributed by atoms with Crippen molar-refractivity contribution in [2.24, 2.45) is 0 Å². The van der Waals surface area contributed by atoms with Crippen LogP contribution in [0.1, 0.15) is 13.8 Å². The van der Waals surface area contributed by atoms with E-state index in [0.29, 0.717) is 10.8 Å². The van der Waals surface area contributed by atoms with Crippen LogP contribution in [0.4, 0.5) is 0 Å². The number of thiazole rings is 1. The third-order valence-electron chi connectivity index (χ3n) is 1.88. The molecule has 1 aromatic heterocycles. The second kappa shape index (κ2) is 4.53. The number of hydrogen-bond acceptors (Lipinski definition) is 4.